The van der Waals surface area contributed by atoms with E-state index in [-0.39, 0.29) is 11.7 Å². The van der Waals surface area contributed by atoms with Gasteiger partial charge >= 0.3 is 0 Å². The van der Waals surface area contributed by atoms with Crippen LogP contribution in [0.3, 0.4) is 0 Å². The minimum atomic E-state index is -3.43. The molecular weight excluding hydrogens is 262 g/mol. The summed E-state index contributed by atoms with van der Waals surface area (Å²) in [5.74, 6) is 0.676. The van der Waals surface area contributed by atoms with E-state index in [2.05, 4.69) is 6.92 Å². The third-order valence-electron chi connectivity index (χ3n) is 2.99. The van der Waals surface area contributed by atoms with Crippen LogP contribution in [-0.4, -0.2) is 20.8 Å². The highest BCUT2D eigenvalue weighted by Crippen LogP contribution is 2.15. The van der Waals surface area contributed by atoms with E-state index in [1.54, 1.807) is 0 Å². The van der Waals surface area contributed by atoms with Crippen LogP contribution in [-0.2, 0) is 16.4 Å². The third-order valence-corrected chi connectivity index (χ3v) is 3.93. The lowest BCUT2D eigenvalue weighted by atomic mass is 10.1. The van der Waals surface area contributed by atoms with Gasteiger partial charge in [0.1, 0.15) is 5.75 Å². The molecule has 0 aromatic heterocycles. The number of rotatable bonds is 8. The summed E-state index contributed by atoms with van der Waals surface area (Å²) in [6, 6.07) is 7.93. The molecule has 0 aliphatic heterocycles. The van der Waals surface area contributed by atoms with E-state index in [9.17, 15) is 8.42 Å². The number of primary sulfonamides is 1. The van der Waals surface area contributed by atoms with Crippen LogP contribution in [0.2, 0.25) is 0 Å². The zero-order chi connectivity index (χ0) is 14.3. The van der Waals surface area contributed by atoms with Crippen molar-refractivity contribution >= 4 is 10.0 Å². The number of hydrogen-bond donors (Lipinski definition) is 1. The minimum absolute atomic E-state index is 0.0303. The van der Waals surface area contributed by atoms with Gasteiger partial charge in [0, 0.05) is 5.92 Å². The van der Waals surface area contributed by atoms with Crippen molar-refractivity contribution in [3.8, 4) is 5.75 Å². The maximum atomic E-state index is 11.1. The topological polar surface area (TPSA) is 69.4 Å². The van der Waals surface area contributed by atoms with Crippen LogP contribution in [0.15, 0.2) is 24.3 Å². The Hall–Kier alpha value is -1.07. The molecule has 0 spiro atoms. The van der Waals surface area contributed by atoms with Crippen LogP contribution in [0.5, 0.6) is 5.75 Å². The third kappa shape index (κ3) is 6.59. The van der Waals surface area contributed by atoms with Crippen LogP contribution in [0.4, 0.5) is 0 Å². The Labute approximate surface area is 116 Å². The largest absolute Gasteiger partial charge is 0.493 e. The highest BCUT2D eigenvalue weighted by atomic mass is 32.2. The van der Waals surface area contributed by atoms with Crippen molar-refractivity contribution in [2.45, 2.75) is 33.1 Å². The van der Waals surface area contributed by atoms with E-state index >= 15 is 0 Å². The van der Waals surface area contributed by atoms with Gasteiger partial charge in [0.25, 0.3) is 0 Å². The zero-order valence-electron chi connectivity index (χ0n) is 11.6. The molecule has 0 radical (unpaired) electrons. The molecule has 0 saturated carbocycles. The fourth-order valence-electron chi connectivity index (χ4n) is 1.87. The van der Waals surface area contributed by atoms with Crippen molar-refractivity contribution in [3.63, 3.8) is 0 Å². The molecule has 0 saturated heterocycles. The number of nitrogens with two attached hydrogens (primary N) is 1. The minimum Gasteiger partial charge on any atom is -0.493 e. The number of hydrogen-bond acceptors (Lipinski definition) is 3. The highest BCUT2D eigenvalue weighted by molar-refractivity contribution is 7.89. The fourth-order valence-corrected chi connectivity index (χ4v) is 2.86. The van der Waals surface area contributed by atoms with Crippen molar-refractivity contribution < 1.29 is 13.2 Å². The molecular formula is C14H23NO3S. The van der Waals surface area contributed by atoms with E-state index in [1.807, 2.05) is 31.2 Å². The Balaban J connectivity index is 2.50. The molecule has 0 aliphatic carbocycles. The number of aryl methyl sites for hydroxylation is 1. The Morgan fingerprint density at radius 2 is 1.84 bits per heavy atom. The molecule has 19 heavy (non-hydrogen) atoms. The first kappa shape index (κ1) is 16.0. The summed E-state index contributed by atoms with van der Waals surface area (Å²) in [5.41, 5.74) is 1.28. The standard InChI is InChI=1S/C14H23NO3S/c1-3-5-13-6-8-14(9-7-13)18-10-12(4-2)11-19(15,16)17/h6-9,12H,3-5,10-11H2,1-2H3,(H2,15,16,17). The second-order valence-electron chi connectivity index (χ2n) is 4.81. The Bertz CT molecular complexity index is 468. The van der Waals surface area contributed by atoms with Crippen molar-refractivity contribution in [3.05, 3.63) is 29.8 Å². The van der Waals surface area contributed by atoms with E-state index in [0.717, 1.165) is 25.0 Å². The monoisotopic (exact) mass is 285 g/mol. The van der Waals surface area contributed by atoms with Gasteiger partial charge in [-0.3, -0.25) is 0 Å². The van der Waals surface area contributed by atoms with E-state index in [1.165, 1.54) is 5.56 Å². The molecule has 1 atom stereocenters. The second kappa shape index (κ2) is 7.50. The van der Waals surface area contributed by atoms with Gasteiger partial charge in [-0.1, -0.05) is 32.4 Å². The summed E-state index contributed by atoms with van der Waals surface area (Å²) in [6.07, 6.45) is 2.90. The van der Waals surface area contributed by atoms with Gasteiger partial charge in [0.05, 0.1) is 12.4 Å². The summed E-state index contributed by atoms with van der Waals surface area (Å²) in [5, 5.41) is 5.05. The van der Waals surface area contributed by atoms with E-state index in [4.69, 9.17) is 9.88 Å². The molecule has 1 aromatic rings. The molecule has 0 aliphatic rings. The lowest BCUT2D eigenvalue weighted by Crippen LogP contribution is -2.26. The predicted octanol–water partition coefficient (Wildman–Crippen LogP) is 2.33. The molecule has 0 fully saturated rings. The lowest BCUT2D eigenvalue weighted by molar-refractivity contribution is 0.257. The van der Waals surface area contributed by atoms with E-state index < -0.39 is 10.0 Å². The average molecular weight is 285 g/mol. The molecule has 0 bridgehead atoms. The SMILES string of the molecule is CCCc1ccc(OCC(CC)CS(N)(=O)=O)cc1. The summed E-state index contributed by atoms with van der Waals surface area (Å²) in [4.78, 5) is 0. The van der Waals surface area contributed by atoms with Gasteiger partial charge in [-0.2, -0.15) is 0 Å². The molecule has 4 nitrogen and oxygen atoms in total. The van der Waals surface area contributed by atoms with Crippen molar-refractivity contribution in [1.29, 1.82) is 0 Å². The first-order valence-corrected chi connectivity index (χ1v) is 8.38. The van der Waals surface area contributed by atoms with Crippen molar-refractivity contribution in [2.75, 3.05) is 12.4 Å². The molecule has 1 rings (SSSR count). The predicted molar refractivity (Wildman–Crippen MR) is 77.7 cm³/mol. The number of sulfonamides is 1. The van der Waals surface area contributed by atoms with Gasteiger partial charge in [0.2, 0.25) is 10.0 Å². The smallest absolute Gasteiger partial charge is 0.209 e. The van der Waals surface area contributed by atoms with Crippen LogP contribution in [0.25, 0.3) is 0 Å². The van der Waals surface area contributed by atoms with E-state index in [0.29, 0.717) is 6.61 Å². The molecule has 1 aromatic carbocycles. The zero-order valence-corrected chi connectivity index (χ0v) is 12.4. The van der Waals surface area contributed by atoms with Gasteiger partial charge in [-0.25, -0.2) is 13.6 Å². The fraction of sp³-hybridized carbons (Fsp3) is 0.571. The lowest BCUT2D eigenvalue weighted by Gasteiger charge is -2.15. The highest BCUT2D eigenvalue weighted by Gasteiger charge is 2.14. The molecule has 1 unspecified atom stereocenters. The van der Waals surface area contributed by atoms with Crippen LogP contribution < -0.4 is 9.88 Å². The Morgan fingerprint density at radius 3 is 2.32 bits per heavy atom. The molecule has 2 N–H and O–H groups in total. The second-order valence-corrected chi connectivity index (χ2v) is 6.47. The summed E-state index contributed by atoms with van der Waals surface area (Å²) >= 11 is 0. The van der Waals surface area contributed by atoms with Crippen LogP contribution >= 0.6 is 0 Å². The van der Waals surface area contributed by atoms with Gasteiger partial charge < -0.3 is 4.74 Å². The first-order chi connectivity index (χ1) is 8.94. The number of benzene rings is 1. The quantitative estimate of drug-likeness (QED) is 0.797. The van der Waals surface area contributed by atoms with Gasteiger partial charge in [-0.15, -0.1) is 0 Å². The first-order valence-electron chi connectivity index (χ1n) is 6.66. The Morgan fingerprint density at radius 1 is 1.21 bits per heavy atom. The molecule has 0 amide bonds. The summed E-state index contributed by atoms with van der Waals surface area (Å²) in [6.45, 7) is 4.45. The Kier molecular flexibility index (Phi) is 6.31. The summed E-state index contributed by atoms with van der Waals surface area (Å²) < 4.78 is 27.7. The number of ether oxygens (including phenoxy) is 1. The molecule has 108 valence electrons. The van der Waals surface area contributed by atoms with Gasteiger partial charge in [0.15, 0.2) is 0 Å². The molecule has 0 heterocycles. The van der Waals surface area contributed by atoms with Gasteiger partial charge in [-0.05, 0) is 30.5 Å². The maximum absolute atomic E-state index is 11.1. The molecule has 5 heteroatoms. The summed E-state index contributed by atoms with van der Waals surface area (Å²) in [7, 11) is -3.43. The average Bonchev–Trinajstić information content (AvgIpc) is 2.35. The van der Waals surface area contributed by atoms with Crippen LogP contribution in [0.1, 0.15) is 32.3 Å². The van der Waals surface area contributed by atoms with Crippen molar-refractivity contribution in [2.24, 2.45) is 11.1 Å². The normalized spacial score (nSPS) is 13.2. The van der Waals surface area contributed by atoms with Crippen molar-refractivity contribution in [1.82, 2.24) is 0 Å². The maximum Gasteiger partial charge on any atom is 0.209 e. The van der Waals surface area contributed by atoms with Crippen LogP contribution in [0, 0.1) is 5.92 Å².